The minimum Gasteiger partial charge on any atom is -0.492 e. The van der Waals surface area contributed by atoms with Crippen LogP contribution in [0.2, 0.25) is 0 Å². The maximum absolute atomic E-state index is 13.0. The van der Waals surface area contributed by atoms with Gasteiger partial charge in [-0.1, -0.05) is 0 Å². The van der Waals surface area contributed by atoms with Crippen LogP contribution in [0.5, 0.6) is 5.75 Å². The van der Waals surface area contributed by atoms with E-state index in [9.17, 15) is 8.78 Å². The van der Waals surface area contributed by atoms with Gasteiger partial charge in [0, 0.05) is 32.4 Å². The molecule has 0 saturated carbocycles. The van der Waals surface area contributed by atoms with E-state index in [4.69, 9.17) is 9.47 Å². The highest BCUT2D eigenvalue weighted by Gasteiger charge is 2.03. The lowest BCUT2D eigenvalue weighted by atomic mass is 10.3. The zero-order valence-electron chi connectivity index (χ0n) is 14.1. The molecule has 1 aromatic rings. The van der Waals surface area contributed by atoms with Gasteiger partial charge in [0.05, 0.1) is 6.54 Å². The topological polar surface area (TPSA) is 54.9 Å². The molecule has 2 N–H and O–H groups in total. The fourth-order valence-electron chi connectivity index (χ4n) is 1.75. The Bertz CT molecular complexity index is 490. The Morgan fingerprint density at radius 1 is 1.12 bits per heavy atom. The van der Waals surface area contributed by atoms with Gasteiger partial charge in [-0.05, 0) is 32.4 Å². The number of nitrogens with zero attached hydrogens (tertiary/aromatic N) is 1. The Hall–Kier alpha value is -1.16. The second kappa shape index (κ2) is 14.2. The third-order valence-electron chi connectivity index (χ3n) is 2.82. The molecule has 0 unspecified atom stereocenters. The van der Waals surface area contributed by atoms with Crippen LogP contribution in [0.1, 0.15) is 20.3 Å². The number of hydrogen-bond acceptors (Lipinski definition) is 3. The molecular formula is C16H26F2IN3O2. The summed E-state index contributed by atoms with van der Waals surface area (Å²) in [5, 5.41) is 6.23. The summed E-state index contributed by atoms with van der Waals surface area (Å²) in [7, 11) is 0. The van der Waals surface area contributed by atoms with Crippen molar-refractivity contribution in [2.45, 2.75) is 20.3 Å². The highest BCUT2D eigenvalue weighted by molar-refractivity contribution is 14.0. The van der Waals surface area contributed by atoms with Gasteiger partial charge in [0.1, 0.15) is 12.4 Å². The molecule has 0 aromatic heterocycles. The molecule has 24 heavy (non-hydrogen) atoms. The molecule has 0 atom stereocenters. The van der Waals surface area contributed by atoms with Gasteiger partial charge in [-0.25, -0.2) is 8.78 Å². The molecule has 1 rings (SSSR count). The fraction of sp³-hybridized carbons (Fsp3) is 0.562. The summed E-state index contributed by atoms with van der Waals surface area (Å²) in [6.45, 7) is 7.57. The highest BCUT2D eigenvalue weighted by atomic mass is 127. The second-order valence-electron chi connectivity index (χ2n) is 4.66. The first-order chi connectivity index (χ1) is 11.2. The fourth-order valence-corrected chi connectivity index (χ4v) is 1.75. The summed E-state index contributed by atoms with van der Waals surface area (Å²) in [6, 6.07) is 3.47. The molecule has 0 aliphatic rings. The summed E-state index contributed by atoms with van der Waals surface area (Å²) >= 11 is 0. The molecule has 0 saturated heterocycles. The number of benzene rings is 1. The average Bonchev–Trinajstić information content (AvgIpc) is 2.54. The molecule has 5 nitrogen and oxygen atoms in total. The quantitative estimate of drug-likeness (QED) is 0.246. The molecule has 0 fully saturated rings. The van der Waals surface area contributed by atoms with Crippen LogP contribution in [0.4, 0.5) is 8.78 Å². The zero-order chi connectivity index (χ0) is 16.9. The van der Waals surface area contributed by atoms with Crippen LogP contribution in [-0.4, -0.2) is 45.4 Å². The maximum Gasteiger partial charge on any atom is 0.191 e. The van der Waals surface area contributed by atoms with Crippen LogP contribution in [-0.2, 0) is 4.74 Å². The number of hydrogen-bond donors (Lipinski definition) is 2. The van der Waals surface area contributed by atoms with Crippen molar-refractivity contribution in [1.82, 2.24) is 10.6 Å². The van der Waals surface area contributed by atoms with Gasteiger partial charge in [0.15, 0.2) is 17.6 Å². The van der Waals surface area contributed by atoms with Crippen LogP contribution in [0.3, 0.4) is 0 Å². The Morgan fingerprint density at radius 2 is 1.92 bits per heavy atom. The van der Waals surface area contributed by atoms with Crippen molar-refractivity contribution in [3.05, 3.63) is 29.8 Å². The zero-order valence-corrected chi connectivity index (χ0v) is 16.4. The van der Waals surface area contributed by atoms with E-state index in [0.717, 1.165) is 25.1 Å². The lowest BCUT2D eigenvalue weighted by Gasteiger charge is -2.12. The normalized spacial score (nSPS) is 10.9. The largest absolute Gasteiger partial charge is 0.492 e. The van der Waals surface area contributed by atoms with E-state index in [2.05, 4.69) is 15.6 Å². The van der Waals surface area contributed by atoms with Crippen LogP contribution in [0.15, 0.2) is 23.2 Å². The van der Waals surface area contributed by atoms with Crippen LogP contribution < -0.4 is 15.4 Å². The van der Waals surface area contributed by atoms with Crippen molar-refractivity contribution >= 4 is 29.9 Å². The van der Waals surface area contributed by atoms with E-state index in [1.807, 2.05) is 13.8 Å². The molecule has 1 aromatic carbocycles. The van der Waals surface area contributed by atoms with Crippen molar-refractivity contribution in [2.75, 3.05) is 39.5 Å². The number of ether oxygens (including phenoxy) is 2. The molecule has 0 amide bonds. The molecule has 0 aliphatic carbocycles. The lowest BCUT2D eigenvalue weighted by Crippen LogP contribution is -2.39. The van der Waals surface area contributed by atoms with Gasteiger partial charge in [-0.3, -0.25) is 4.99 Å². The summed E-state index contributed by atoms with van der Waals surface area (Å²) in [5.41, 5.74) is 0. The van der Waals surface area contributed by atoms with Crippen molar-refractivity contribution in [2.24, 2.45) is 4.99 Å². The lowest BCUT2D eigenvalue weighted by molar-refractivity contribution is 0.146. The molecule has 0 radical (unpaired) electrons. The van der Waals surface area contributed by atoms with E-state index in [1.54, 1.807) is 0 Å². The third kappa shape index (κ3) is 9.86. The van der Waals surface area contributed by atoms with E-state index < -0.39 is 11.6 Å². The monoisotopic (exact) mass is 457 g/mol. The SMILES string of the molecule is CCNC(=NCCCOCC)NCCOc1ccc(F)c(F)c1.I. The molecule has 138 valence electrons. The summed E-state index contributed by atoms with van der Waals surface area (Å²) in [4.78, 5) is 4.40. The Labute approximate surface area is 159 Å². The molecule has 0 bridgehead atoms. The summed E-state index contributed by atoms with van der Waals surface area (Å²) < 4.78 is 36.4. The van der Waals surface area contributed by atoms with Crippen molar-refractivity contribution in [1.29, 1.82) is 0 Å². The Kier molecular flexibility index (Phi) is 13.5. The number of halogens is 3. The molecule has 0 spiro atoms. The van der Waals surface area contributed by atoms with Gasteiger partial charge < -0.3 is 20.1 Å². The minimum atomic E-state index is -0.917. The number of guanidine groups is 1. The summed E-state index contributed by atoms with van der Waals surface area (Å²) in [5.74, 6) is -0.814. The van der Waals surface area contributed by atoms with E-state index in [-0.39, 0.29) is 24.0 Å². The molecule has 0 heterocycles. The van der Waals surface area contributed by atoms with E-state index in [1.165, 1.54) is 6.07 Å². The first-order valence-electron chi connectivity index (χ1n) is 7.85. The maximum atomic E-state index is 13.0. The smallest absolute Gasteiger partial charge is 0.191 e. The standard InChI is InChI=1S/C16H25F2N3O2.HI/c1-3-19-16(20-8-5-10-22-4-2)21-9-11-23-13-6-7-14(17)15(18)12-13;/h6-7,12H,3-5,8-11H2,1-2H3,(H2,19,20,21);1H. The predicted octanol–water partition coefficient (Wildman–Crippen LogP) is 2.94. The van der Waals surface area contributed by atoms with E-state index in [0.29, 0.717) is 44.6 Å². The van der Waals surface area contributed by atoms with Gasteiger partial charge in [0.25, 0.3) is 0 Å². The van der Waals surface area contributed by atoms with Gasteiger partial charge in [-0.15, -0.1) is 24.0 Å². The van der Waals surface area contributed by atoms with Crippen LogP contribution >= 0.6 is 24.0 Å². The van der Waals surface area contributed by atoms with E-state index >= 15 is 0 Å². The second-order valence-corrected chi connectivity index (χ2v) is 4.66. The van der Waals surface area contributed by atoms with Gasteiger partial charge in [-0.2, -0.15) is 0 Å². The number of aliphatic imine (C=N–C) groups is 1. The molecule has 8 heteroatoms. The first-order valence-corrected chi connectivity index (χ1v) is 7.85. The highest BCUT2D eigenvalue weighted by Crippen LogP contribution is 2.14. The van der Waals surface area contributed by atoms with Crippen molar-refractivity contribution in [3.63, 3.8) is 0 Å². The average molecular weight is 457 g/mol. The number of nitrogens with one attached hydrogen (secondary N) is 2. The molecule has 0 aliphatic heterocycles. The Morgan fingerprint density at radius 3 is 2.58 bits per heavy atom. The predicted molar refractivity (Wildman–Crippen MR) is 102 cm³/mol. The first kappa shape index (κ1) is 22.8. The minimum absolute atomic E-state index is 0. The van der Waals surface area contributed by atoms with Crippen molar-refractivity contribution in [3.8, 4) is 5.75 Å². The summed E-state index contributed by atoms with van der Waals surface area (Å²) in [6.07, 6.45) is 0.857. The van der Waals surface area contributed by atoms with Crippen LogP contribution in [0, 0.1) is 11.6 Å². The van der Waals surface area contributed by atoms with Crippen LogP contribution in [0.25, 0.3) is 0 Å². The van der Waals surface area contributed by atoms with Gasteiger partial charge >= 0.3 is 0 Å². The third-order valence-corrected chi connectivity index (χ3v) is 2.82. The molecular weight excluding hydrogens is 431 g/mol. The number of rotatable bonds is 10. The van der Waals surface area contributed by atoms with Gasteiger partial charge in [0.2, 0.25) is 0 Å². The Balaban J connectivity index is 0.00000529. The van der Waals surface area contributed by atoms with Crippen molar-refractivity contribution < 1.29 is 18.3 Å².